The van der Waals surface area contributed by atoms with Crippen molar-refractivity contribution in [1.29, 1.82) is 0 Å². The smallest absolute Gasteiger partial charge is 0.354 e. The van der Waals surface area contributed by atoms with Crippen LogP contribution in [-0.4, -0.2) is 41.1 Å². The molecule has 0 unspecified atom stereocenters. The van der Waals surface area contributed by atoms with E-state index in [1.165, 1.54) is 20.3 Å². The Morgan fingerprint density at radius 1 is 0.912 bits per heavy atom. The van der Waals surface area contributed by atoms with Crippen molar-refractivity contribution in [3.63, 3.8) is 0 Å². The van der Waals surface area contributed by atoms with E-state index in [-0.39, 0.29) is 11.7 Å². The van der Waals surface area contributed by atoms with Crippen molar-refractivity contribution in [3.05, 3.63) is 88.3 Å². The maximum atomic E-state index is 11.4. The van der Waals surface area contributed by atoms with E-state index in [4.69, 9.17) is 5.53 Å². The van der Waals surface area contributed by atoms with Crippen LogP contribution in [0.25, 0.3) is 49.2 Å². The molecule has 170 valence electrons. The molecule has 2 aromatic carbocycles. The number of methoxy groups -OCH3 is 2. The molecule has 10 nitrogen and oxygen atoms in total. The number of hydrogen-bond acceptors (Lipinski definition) is 5. The third kappa shape index (κ3) is 4.34. The van der Waals surface area contributed by atoms with Gasteiger partial charge in [0.1, 0.15) is 11.4 Å². The van der Waals surface area contributed by atoms with Gasteiger partial charge in [0.15, 0.2) is 0 Å². The molecule has 0 spiro atoms. The molecule has 0 radical (unpaired) electrons. The van der Waals surface area contributed by atoms with Gasteiger partial charge >= 0.3 is 11.9 Å². The second-order valence-corrected chi connectivity index (χ2v) is 7.14. The number of aromatic amines is 3. The highest BCUT2D eigenvalue weighted by Crippen LogP contribution is 2.25. The van der Waals surface area contributed by atoms with Crippen LogP contribution in [0.3, 0.4) is 0 Å². The van der Waals surface area contributed by atoms with Gasteiger partial charge in [0.2, 0.25) is 0 Å². The average molecular weight is 456 g/mol. The molecule has 5 rings (SSSR count). The molecule has 0 saturated carbocycles. The van der Waals surface area contributed by atoms with Crippen molar-refractivity contribution in [3.8, 4) is 0 Å². The fourth-order valence-electron chi connectivity index (χ4n) is 3.63. The van der Waals surface area contributed by atoms with Crippen LogP contribution in [0.4, 0.5) is 0 Å². The summed E-state index contributed by atoms with van der Waals surface area (Å²) in [6.07, 6.45) is 5.18. The highest BCUT2D eigenvalue weighted by atomic mass is 16.5. The van der Waals surface area contributed by atoms with Gasteiger partial charge in [0, 0.05) is 50.0 Å². The third-order valence-electron chi connectivity index (χ3n) is 5.21. The lowest BCUT2D eigenvalue weighted by atomic mass is 10.1. The molecule has 0 aliphatic rings. The minimum absolute atomic E-state index is 0.0753. The highest BCUT2D eigenvalue weighted by Gasteiger charge is 2.11. The maximum Gasteiger partial charge on any atom is 0.354 e. The SMILES string of the molecule is COC(=O)/C(=C/c1cccc2[nH]ccc12)N=[N+]=[N-].COC(=O)c1cc2c(ccc3[nH]ccc32)[nH]1. The highest BCUT2D eigenvalue weighted by molar-refractivity contribution is 6.08. The molecule has 3 heterocycles. The minimum Gasteiger partial charge on any atom is -0.466 e. The number of esters is 2. The first-order valence-electron chi connectivity index (χ1n) is 10.1. The number of nitrogens with zero attached hydrogens (tertiary/aromatic N) is 3. The van der Waals surface area contributed by atoms with Gasteiger partial charge in [-0.25, -0.2) is 9.59 Å². The molecule has 0 aliphatic carbocycles. The van der Waals surface area contributed by atoms with Crippen molar-refractivity contribution < 1.29 is 19.1 Å². The summed E-state index contributed by atoms with van der Waals surface area (Å²) in [5.74, 6) is -1.01. The van der Waals surface area contributed by atoms with Crippen LogP contribution in [0.5, 0.6) is 0 Å². The Labute approximate surface area is 192 Å². The third-order valence-corrected chi connectivity index (χ3v) is 5.21. The zero-order valence-corrected chi connectivity index (χ0v) is 18.3. The summed E-state index contributed by atoms with van der Waals surface area (Å²) in [5, 5.41) is 6.40. The summed E-state index contributed by atoms with van der Waals surface area (Å²) in [6.45, 7) is 0. The number of fused-ring (bicyclic) bond motifs is 4. The molecule has 34 heavy (non-hydrogen) atoms. The molecule has 3 aromatic heterocycles. The van der Waals surface area contributed by atoms with E-state index in [9.17, 15) is 9.59 Å². The normalized spacial score (nSPS) is 11.1. The lowest BCUT2D eigenvalue weighted by Gasteiger charge is -2.00. The predicted octanol–water partition coefficient (Wildman–Crippen LogP) is 5.43. The minimum atomic E-state index is -0.666. The van der Waals surface area contributed by atoms with E-state index in [0.717, 1.165) is 38.3 Å². The standard InChI is InChI=1S/C12H10N4O2.C12H10N2O2/c1-18-12(17)11(15-16-13)7-8-3-2-4-10-9(8)5-6-14-10;1-16-12(15)11-6-8-7-4-5-13-9(7)2-3-10(8)14-11/h2-7,14H,1H3;2-6,13-14H,1H3/b11-7-;. The summed E-state index contributed by atoms with van der Waals surface area (Å²) < 4.78 is 9.23. The van der Waals surface area contributed by atoms with Crippen LogP contribution in [0.15, 0.2) is 71.7 Å². The van der Waals surface area contributed by atoms with Gasteiger partial charge < -0.3 is 24.4 Å². The molecule has 0 fully saturated rings. The van der Waals surface area contributed by atoms with Gasteiger partial charge in [-0.15, -0.1) is 0 Å². The number of carbonyl (C=O) groups is 2. The van der Waals surface area contributed by atoms with Crippen molar-refractivity contribution in [2.45, 2.75) is 0 Å². The van der Waals surface area contributed by atoms with Gasteiger partial charge in [-0.1, -0.05) is 17.2 Å². The summed E-state index contributed by atoms with van der Waals surface area (Å²) in [4.78, 5) is 34.7. The Balaban J connectivity index is 0.000000162. The second-order valence-electron chi connectivity index (χ2n) is 7.14. The molecular weight excluding hydrogens is 436 g/mol. The molecule has 10 heteroatoms. The lowest BCUT2D eigenvalue weighted by Crippen LogP contribution is -2.01. The van der Waals surface area contributed by atoms with E-state index in [1.54, 1.807) is 6.20 Å². The van der Waals surface area contributed by atoms with Gasteiger partial charge in [-0.05, 0) is 53.6 Å². The molecule has 3 N–H and O–H groups in total. The number of hydrogen-bond donors (Lipinski definition) is 3. The quantitative estimate of drug-likeness (QED) is 0.109. The zero-order chi connectivity index (χ0) is 24.1. The Morgan fingerprint density at radius 2 is 1.62 bits per heavy atom. The molecule has 0 saturated heterocycles. The molecule has 0 amide bonds. The molecule has 0 atom stereocenters. The Kier molecular flexibility index (Phi) is 6.33. The number of aromatic nitrogens is 3. The monoisotopic (exact) mass is 456 g/mol. The van der Waals surface area contributed by atoms with E-state index >= 15 is 0 Å². The van der Waals surface area contributed by atoms with Gasteiger partial charge in [0.05, 0.1) is 14.2 Å². The second kappa shape index (κ2) is 9.68. The number of benzene rings is 2. The van der Waals surface area contributed by atoms with Gasteiger partial charge in [0.25, 0.3) is 0 Å². The van der Waals surface area contributed by atoms with Gasteiger partial charge in [-0.3, -0.25) is 0 Å². The Morgan fingerprint density at radius 3 is 2.32 bits per heavy atom. The van der Waals surface area contributed by atoms with Crippen LogP contribution in [0, 0.1) is 0 Å². The van der Waals surface area contributed by atoms with E-state index < -0.39 is 5.97 Å². The summed E-state index contributed by atoms with van der Waals surface area (Å²) >= 11 is 0. The Bertz CT molecular complexity index is 1580. The molecular formula is C24H20N6O4. The first-order chi connectivity index (χ1) is 16.5. The van der Waals surface area contributed by atoms with Crippen molar-refractivity contribution in [2.24, 2.45) is 5.11 Å². The number of azide groups is 1. The van der Waals surface area contributed by atoms with E-state index in [0.29, 0.717) is 5.69 Å². The summed E-state index contributed by atoms with van der Waals surface area (Å²) in [6, 6.07) is 15.2. The van der Waals surface area contributed by atoms with E-state index in [2.05, 4.69) is 34.5 Å². The largest absolute Gasteiger partial charge is 0.466 e. The van der Waals surface area contributed by atoms with Crippen molar-refractivity contribution in [1.82, 2.24) is 15.0 Å². The number of nitrogens with one attached hydrogen (secondary N) is 3. The molecule has 0 bridgehead atoms. The Hall–Kier alpha value is -4.95. The van der Waals surface area contributed by atoms with Crippen LogP contribution < -0.4 is 0 Å². The first-order valence-corrected chi connectivity index (χ1v) is 10.1. The number of ether oxygens (including phenoxy) is 2. The molecule has 0 aliphatic heterocycles. The van der Waals surface area contributed by atoms with Crippen LogP contribution in [0.2, 0.25) is 0 Å². The number of carbonyl (C=O) groups excluding carboxylic acids is 2. The number of rotatable bonds is 4. The van der Waals surface area contributed by atoms with Crippen molar-refractivity contribution >= 4 is 50.7 Å². The van der Waals surface area contributed by atoms with Crippen LogP contribution >= 0.6 is 0 Å². The first kappa shape index (κ1) is 22.3. The maximum absolute atomic E-state index is 11.4. The average Bonchev–Trinajstić information content (AvgIpc) is 3.61. The predicted molar refractivity (Wildman–Crippen MR) is 129 cm³/mol. The lowest BCUT2D eigenvalue weighted by molar-refractivity contribution is -0.136. The van der Waals surface area contributed by atoms with Crippen LogP contribution in [-0.2, 0) is 14.3 Å². The summed E-state index contributed by atoms with van der Waals surface area (Å²) in [7, 11) is 2.61. The topological polar surface area (TPSA) is 149 Å². The fraction of sp³-hybridized carbons (Fsp3) is 0.0833. The fourth-order valence-corrected chi connectivity index (χ4v) is 3.63. The van der Waals surface area contributed by atoms with E-state index in [1.807, 2.05) is 54.7 Å². The summed E-state index contributed by atoms with van der Waals surface area (Å²) in [5.41, 5.74) is 12.6. The number of H-pyrrole nitrogens is 3. The van der Waals surface area contributed by atoms with Gasteiger partial charge in [-0.2, -0.15) is 0 Å². The zero-order valence-electron chi connectivity index (χ0n) is 18.3. The molecule has 5 aromatic rings. The van der Waals surface area contributed by atoms with Crippen molar-refractivity contribution in [2.75, 3.05) is 14.2 Å². The van der Waals surface area contributed by atoms with Crippen LogP contribution in [0.1, 0.15) is 16.1 Å².